The molecule has 1 heterocycles. The van der Waals surface area contributed by atoms with Gasteiger partial charge in [-0.1, -0.05) is 12.1 Å². The number of fused-ring (bicyclic) bond motifs is 1. The Hall–Kier alpha value is -1.37. The van der Waals surface area contributed by atoms with Crippen LogP contribution in [0.3, 0.4) is 0 Å². The molecule has 3 fully saturated rings. The zero-order valence-corrected chi connectivity index (χ0v) is 10.9. The largest absolute Gasteiger partial charge is 0.348 e. The fourth-order valence-corrected chi connectivity index (χ4v) is 4.00. The van der Waals surface area contributed by atoms with E-state index in [0.29, 0.717) is 11.3 Å². The van der Waals surface area contributed by atoms with Gasteiger partial charge >= 0.3 is 0 Å². The van der Waals surface area contributed by atoms with Crippen LogP contribution in [-0.2, 0) is 14.9 Å². The number of ether oxygens (including phenoxy) is 2. The number of hydrogen-bond donors (Lipinski definition) is 0. The van der Waals surface area contributed by atoms with Crippen LogP contribution in [0.5, 0.6) is 0 Å². The Morgan fingerprint density at radius 1 is 1.16 bits per heavy atom. The normalized spacial score (nSPS) is 34.8. The average Bonchev–Trinajstić information content (AvgIpc) is 3.01. The second-order valence-corrected chi connectivity index (χ2v) is 6.06. The summed E-state index contributed by atoms with van der Waals surface area (Å²) >= 11 is 0. The lowest BCUT2D eigenvalue weighted by Crippen LogP contribution is -2.37. The molecule has 1 saturated heterocycles. The van der Waals surface area contributed by atoms with Crippen LogP contribution in [0, 0.1) is 17.2 Å². The van der Waals surface area contributed by atoms with Crippen molar-refractivity contribution in [2.75, 3.05) is 13.2 Å². The molecule has 0 unspecified atom stereocenters. The summed E-state index contributed by atoms with van der Waals surface area (Å²) in [5, 5.41) is 9.04. The van der Waals surface area contributed by atoms with Crippen molar-refractivity contribution in [2.45, 2.75) is 36.9 Å². The number of hydrogen-bond acceptors (Lipinski definition) is 3. The molecule has 1 aromatic rings. The van der Waals surface area contributed by atoms with Crippen molar-refractivity contribution < 1.29 is 9.47 Å². The highest BCUT2D eigenvalue weighted by atomic mass is 16.7. The average molecular weight is 255 g/mol. The van der Waals surface area contributed by atoms with E-state index >= 15 is 0 Å². The maximum atomic E-state index is 9.04. The first-order chi connectivity index (χ1) is 9.26. The molecule has 0 amide bonds. The second kappa shape index (κ2) is 3.82. The van der Waals surface area contributed by atoms with Gasteiger partial charge in [0, 0.05) is 12.8 Å². The molecule has 0 aromatic heterocycles. The van der Waals surface area contributed by atoms with Crippen molar-refractivity contribution in [1.29, 1.82) is 5.26 Å². The summed E-state index contributed by atoms with van der Waals surface area (Å²) in [4.78, 5) is 0. The summed E-state index contributed by atoms with van der Waals surface area (Å²) in [6.45, 7) is 1.48. The van der Waals surface area contributed by atoms with E-state index in [0.717, 1.165) is 38.0 Å². The molecule has 2 aliphatic carbocycles. The molecule has 0 radical (unpaired) electrons. The molecular weight excluding hydrogens is 238 g/mol. The van der Waals surface area contributed by atoms with Crippen molar-refractivity contribution >= 4 is 0 Å². The molecule has 1 aromatic carbocycles. The minimum absolute atomic E-state index is 0.280. The molecule has 2 atom stereocenters. The Morgan fingerprint density at radius 3 is 2.74 bits per heavy atom. The number of benzene rings is 1. The van der Waals surface area contributed by atoms with Gasteiger partial charge in [-0.05, 0) is 41.9 Å². The number of nitrogens with zero attached hydrogens (tertiary/aromatic N) is 1. The molecule has 2 saturated carbocycles. The van der Waals surface area contributed by atoms with E-state index in [1.54, 1.807) is 0 Å². The fourth-order valence-electron chi connectivity index (χ4n) is 4.00. The van der Waals surface area contributed by atoms with Crippen LogP contribution in [0.25, 0.3) is 0 Å². The van der Waals surface area contributed by atoms with Crippen molar-refractivity contribution in [2.24, 2.45) is 5.92 Å². The summed E-state index contributed by atoms with van der Waals surface area (Å²) in [7, 11) is 0. The van der Waals surface area contributed by atoms with E-state index in [4.69, 9.17) is 14.7 Å². The van der Waals surface area contributed by atoms with Gasteiger partial charge in [-0.25, -0.2) is 0 Å². The molecule has 4 rings (SSSR count). The maximum Gasteiger partial charge on any atom is 0.168 e. The highest BCUT2D eigenvalue weighted by Crippen LogP contribution is 2.65. The summed E-state index contributed by atoms with van der Waals surface area (Å²) in [6, 6.07) is 10.4. The van der Waals surface area contributed by atoms with Gasteiger partial charge in [0.25, 0.3) is 0 Å². The predicted molar refractivity (Wildman–Crippen MR) is 69.4 cm³/mol. The lowest BCUT2D eigenvalue weighted by Gasteiger charge is -2.35. The van der Waals surface area contributed by atoms with Gasteiger partial charge in [0.2, 0.25) is 0 Å². The molecule has 3 heteroatoms. The predicted octanol–water partition coefficient (Wildman–Crippen LogP) is 2.74. The first-order valence-electron chi connectivity index (χ1n) is 7.05. The summed E-state index contributed by atoms with van der Waals surface area (Å²) in [5.41, 5.74) is 2.41. The molecule has 1 spiro atoms. The Labute approximate surface area is 113 Å². The third kappa shape index (κ3) is 1.64. The third-order valence-corrected chi connectivity index (χ3v) is 5.12. The topological polar surface area (TPSA) is 42.2 Å². The molecule has 1 aliphatic heterocycles. The van der Waals surface area contributed by atoms with Crippen LogP contribution >= 0.6 is 0 Å². The van der Waals surface area contributed by atoms with Crippen LogP contribution in [-0.4, -0.2) is 19.0 Å². The Kier molecular flexibility index (Phi) is 2.30. The van der Waals surface area contributed by atoms with Crippen molar-refractivity contribution in [3.63, 3.8) is 0 Å². The highest BCUT2D eigenvalue weighted by Gasteiger charge is 2.62. The van der Waals surface area contributed by atoms with E-state index in [1.807, 2.05) is 12.1 Å². The Balaban J connectivity index is 1.60. The molecule has 3 aliphatic rings. The number of rotatable bonds is 1. The summed E-state index contributed by atoms with van der Waals surface area (Å²) in [5.74, 6) is 0.380. The van der Waals surface area contributed by atoms with Crippen LogP contribution in [0.1, 0.15) is 36.8 Å². The minimum atomic E-state index is -0.280. The maximum absolute atomic E-state index is 9.04. The molecule has 19 heavy (non-hydrogen) atoms. The van der Waals surface area contributed by atoms with Gasteiger partial charge in [0.1, 0.15) is 0 Å². The zero-order chi connectivity index (χ0) is 12.9. The van der Waals surface area contributed by atoms with Gasteiger partial charge in [0.05, 0.1) is 24.8 Å². The van der Waals surface area contributed by atoms with Gasteiger partial charge in [-0.15, -0.1) is 0 Å². The quantitative estimate of drug-likeness (QED) is 0.775. The van der Waals surface area contributed by atoms with Gasteiger partial charge < -0.3 is 9.47 Å². The van der Waals surface area contributed by atoms with Crippen LogP contribution in [0.2, 0.25) is 0 Å². The standard InChI is InChI=1S/C16H17NO2/c17-11-12-2-1-3-13(8-12)15-4-5-16(10-14(15)9-15)18-6-7-19-16/h1-3,8,14H,4-7,9-10H2/t14-,15+/m1/s1. The van der Waals surface area contributed by atoms with Crippen molar-refractivity contribution in [3.05, 3.63) is 35.4 Å². The van der Waals surface area contributed by atoms with Gasteiger partial charge in [-0.3, -0.25) is 0 Å². The second-order valence-electron chi connectivity index (χ2n) is 6.06. The van der Waals surface area contributed by atoms with Gasteiger partial charge in [0.15, 0.2) is 5.79 Å². The fraction of sp³-hybridized carbons (Fsp3) is 0.562. The Bertz CT molecular complexity index is 556. The zero-order valence-electron chi connectivity index (χ0n) is 10.9. The van der Waals surface area contributed by atoms with Crippen molar-refractivity contribution in [1.82, 2.24) is 0 Å². The molecule has 3 nitrogen and oxygen atoms in total. The van der Waals surface area contributed by atoms with Crippen LogP contribution in [0.4, 0.5) is 0 Å². The molecule has 0 bridgehead atoms. The molecule has 0 N–H and O–H groups in total. The third-order valence-electron chi connectivity index (χ3n) is 5.12. The minimum Gasteiger partial charge on any atom is -0.348 e. The Morgan fingerprint density at radius 2 is 2.00 bits per heavy atom. The lowest BCUT2D eigenvalue weighted by atomic mass is 9.79. The first-order valence-corrected chi connectivity index (χ1v) is 7.05. The summed E-state index contributed by atoms with van der Waals surface area (Å²) < 4.78 is 11.7. The monoisotopic (exact) mass is 255 g/mol. The SMILES string of the molecule is N#Cc1cccc([C@@]23CCC4(C[C@H]2C3)OCCO4)c1. The molecule has 98 valence electrons. The van der Waals surface area contributed by atoms with Gasteiger partial charge in [-0.2, -0.15) is 5.26 Å². The highest BCUT2D eigenvalue weighted by molar-refractivity contribution is 5.41. The van der Waals surface area contributed by atoms with E-state index in [2.05, 4.69) is 18.2 Å². The number of nitriles is 1. The van der Waals surface area contributed by atoms with Crippen molar-refractivity contribution in [3.8, 4) is 6.07 Å². The summed E-state index contributed by atoms with van der Waals surface area (Å²) in [6.07, 6.45) is 4.34. The molecular formula is C16H17NO2. The first kappa shape index (κ1) is 11.5. The van der Waals surface area contributed by atoms with E-state index in [1.165, 1.54) is 12.0 Å². The van der Waals surface area contributed by atoms with Crippen LogP contribution in [0.15, 0.2) is 24.3 Å². The lowest BCUT2D eigenvalue weighted by molar-refractivity contribution is -0.180. The van der Waals surface area contributed by atoms with E-state index < -0.39 is 0 Å². The van der Waals surface area contributed by atoms with Crippen LogP contribution < -0.4 is 0 Å². The smallest absolute Gasteiger partial charge is 0.168 e. The van der Waals surface area contributed by atoms with E-state index in [-0.39, 0.29) is 5.79 Å². The van der Waals surface area contributed by atoms with E-state index in [9.17, 15) is 0 Å².